The fraction of sp³-hybridized carbons (Fsp3) is 0.154. The quantitative estimate of drug-likeness (QED) is 0.698. The minimum absolute atomic E-state index is 0.0529. The molecule has 6 nitrogen and oxygen atoms in total. The molecular formula is C13H10BrN3O3S. The highest BCUT2D eigenvalue weighted by atomic mass is 79.9. The van der Waals surface area contributed by atoms with Crippen molar-refractivity contribution in [1.82, 2.24) is 14.5 Å². The van der Waals surface area contributed by atoms with E-state index in [2.05, 4.69) is 25.9 Å². The number of carboxylic acids is 1. The molecule has 0 atom stereocenters. The van der Waals surface area contributed by atoms with Gasteiger partial charge in [0, 0.05) is 10.7 Å². The summed E-state index contributed by atoms with van der Waals surface area (Å²) < 4.78 is 8.03. The predicted molar refractivity (Wildman–Crippen MR) is 81.4 cm³/mol. The lowest BCUT2D eigenvalue weighted by Crippen LogP contribution is -2.04. The van der Waals surface area contributed by atoms with Crippen LogP contribution in [0.5, 0.6) is 0 Å². The molecule has 0 unspecified atom stereocenters. The summed E-state index contributed by atoms with van der Waals surface area (Å²) in [4.78, 5) is 19.6. The Hall–Kier alpha value is -1.80. The molecule has 0 aliphatic carbocycles. The third-order valence-electron chi connectivity index (χ3n) is 2.74. The van der Waals surface area contributed by atoms with Crippen molar-refractivity contribution >= 4 is 44.8 Å². The topological polar surface area (TPSA) is 81.1 Å². The number of furan rings is 1. The van der Waals surface area contributed by atoms with Crippen molar-refractivity contribution in [3.8, 4) is 0 Å². The summed E-state index contributed by atoms with van der Waals surface area (Å²) in [6.07, 6.45) is 3.29. The van der Waals surface area contributed by atoms with Gasteiger partial charge in [-0.15, -0.1) is 0 Å². The molecule has 0 aromatic carbocycles. The molecule has 108 valence electrons. The molecule has 1 N–H and O–H groups in total. The number of aliphatic carboxylic acids is 1. The second-order valence-electron chi connectivity index (χ2n) is 4.24. The average molecular weight is 368 g/mol. The SMILES string of the molecule is O=C(O)CSc1nc2cc(Br)cnc2n1Cc1ccco1. The third-order valence-corrected chi connectivity index (χ3v) is 4.13. The van der Waals surface area contributed by atoms with Gasteiger partial charge in [-0.2, -0.15) is 0 Å². The lowest BCUT2D eigenvalue weighted by molar-refractivity contribution is -0.133. The molecule has 21 heavy (non-hydrogen) atoms. The molecule has 8 heteroatoms. The van der Waals surface area contributed by atoms with Crippen LogP contribution in [-0.2, 0) is 11.3 Å². The number of rotatable bonds is 5. The first-order valence-corrected chi connectivity index (χ1v) is 7.80. The van der Waals surface area contributed by atoms with Gasteiger partial charge >= 0.3 is 5.97 Å². The van der Waals surface area contributed by atoms with E-state index < -0.39 is 5.97 Å². The van der Waals surface area contributed by atoms with Crippen LogP contribution < -0.4 is 0 Å². The van der Waals surface area contributed by atoms with Gasteiger partial charge in [-0.05, 0) is 34.1 Å². The van der Waals surface area contributed by atoms with Gasteiger partial charge in [0.05, 0.1) is 18.6 Å². The van der Waals surface area contributed by atoms with Crippen molar-refractivity contribution in [2.45, 2.75) is 11.7 Å². The van der Waals surface area contributed by atoms with Crippen LogP contribution >= 0.6 is 27.7 Å². The molecule has 0 bridgehead atoms. The summed E-state index contributed by atoms with van der Waals surface area (Å²) in [7, 11) is 0. The van der Waals surface area contributed by atoms with Crippen molar-refractivity contribution in [3.05, 3.63) is 40.9 Å². The number of carboxylic acid groups (broad SMARTS) is 1. The van der Waals surface area contributed by atoms with E-state index in [0.717, 1.165) is 22.0 Å². The van der Waals surface area contributed by atoms with E-state index >= 15 is 0 Å². The Morgan fingerprint density at radius 3 is 3.10 bits per heavy atom. The molecule has 0 aliphatic heterocycles. The van der Waals surface area contributed by atoms with E-state index in [0.29, 0.717) is 22.9 Å². The van der Waals surface area contributed by atoms with Crippen LogP contribution in [0.25, 0.3) is 11.2 Å². The van der Waals surface area contributed by atoms with Crippen molar-refractivity contribution in [1.29, 1.82) is 0 Å². The molecule has 3 rings (SSSR count). The van der Waals surface area contributed by atoms with E-state index in [1.807, 2.05) is 22.8 Å². The Morgan fingerprint density at radius 1 is 1.52 bits per heavy atom. The molecular weight excluding hydrogens is 358 g/mol. The predicted octanol–water partition coefficient (Wildman–Crippen LogP) is 3.01. The standard InChI is InChI=1S/C13H10BrN3O3S/c14-8-4-10-12(15-5-8)17(6-9-2-1-3-20-9)13(16-10)21-7-11(18)19/h1-5H,6-7H2,(H,18,19). The zero-order chi connectivity index (χ0) is 14.8. The highest BCUT2D eigenvalue weighted by molar-refractivity contribution is 9.10. The van der Waals surface area contributed by atoms with Crippen molar-refractivity contribution < 1.29 is 14.3 Å². The number of thioether (sulfide) groups is 1. The minimum atomic E-state index is -0.884. The van der Waals surface area contributed by atoms with Gasteiger partial charge in [-0.3, -0.25) is 9.36 Å². The van der Waals surface area contributed by atoms with Crippen LogP contribution in [0, 0.1) is 0 Å². The zero-order valence-corrected chi connectivity index (χ0v) is 13.1. The van der Waals surface area contributed by atoms with Crippen molar-refractivity contribution in [2.75, 3.05) is 5.75 Å². The number of imidazole rings is 1. The van der Waals surface area contributed by atoms with E-state index in [1.54, 1.807) is 12.5 Å². The van der Waals surface area contributed by atoms with Crippen LogP contribution in [0.1, 0.15) is 5.76 Å². The maximum atomic E-state index is 10.8. The van der Waals surface area contributed by atoms with Gasteiger partial charge in [-0.25, -0.2) is 9.97 Å². The Labute approximate surface area is 132 Å². The maximum Gasteiger partial charge on any atom is 0.313 e. The first kappa shape index (κ1) is 14.2. The smallest absolute Gasteiger partial charge is 0.313 e. The van der Waals surface area contributed by atoms with Crippen LogP contribution in [0.15, 0.2) is 44.7 Å². The summed E-state index contributed by atoms with van der Waals surface area (Å²) in [5.74, 6) is -0.176. The van der Waals surface area contributed by atoms with Gasteiger partial charge in [0.2, 0.25) is 0 Å². The first-order valence-electron chi connectivity index (χ1n) is 6.02. The molecule has 0 fully saturated rings. The number of nitrogens with zero attached hydrogens (tertiary/aromatic N) is 3. The number of halogens is 1. The van der Waals surface area contributed by atoms with Crippen molar-refractivity contribution in [2.24, 2.45) is 0 Å². The molecule has 0 saturated heterocycles. The second-order valence-corrected chi connectivity index (χ2v) is 6.10. The normalized spacial score (nSPS) is 11.1. The Bertz CT molecular complexity index is 785. The third kappa shape index (κ3) is 3.11. The highest BCUT2D eigenvalue weighted by Gasteiger charge is 2.15. The largest absolute Gasteiger partial charge is 0.481 e. The summed E-state index contributed by atoms with van der Waals surface area (Å²) in [5, 5.41) is 9.45. The number of carbonyl (C=O) groups is 1. The number of fused-ring (bicyclic) bond motifs is 1. The Morgan fingerprint density at radius 2 is 2.38 bits per heavy atom. The Kier molecular flexibility index (Phi) is 3.98. The molecule has 3 aromatic heterocycles. The van der Waals surface area contributed by atoms with E-state index in [-0.39, 0.29) is 5.75 Å². The van der Waals surface area contributed by atoms with Crippen LogP contribution in [-0.4, -0.2) is 31.4 Å². The Balaban J connectivity index is 2.03. The van der Waals surface area contributed by atoms with Gasteiger partial charge in [0.15, 0.2) is 10.8 Å². The van der Waals surface area contributed by atoms with Crippen LogP contribution in [0.4, 0.5) is 0 Å². The highest BCUT2D eigenvalue weighted by Crippen LogP contribution is 2.25. The van der Waals surface area contributed by atoms with Gasteiger partial charge in [0.1, 0.15) is 11.3 Å². The fourth-order valence-corrected chi connectivity index (χ4v) is 2.94. The van der Waals surface area contributed by atoms with Gasteiger partial charge in [-0.1, -0.05) is 11.8 Å². The number of pyridine rings is 1. The summed E-state index contributed by atoms with van der Waals surface area (Å²) in [5.41, 5.74) is 1.41. The summed E-state index contributed by atoms with van der Waals surface area (Å²) in [6.45, 7) is 0.458. The monoisotopic (exact) mass is 367 g/mol. The maximum absolute atomic E-state index is 10.8. The van der Waals surface area contributed by atoms with E-state index in [9.17, 15) is 4.79 Å². The summed E-state index contributed by atoms with van der Waals surface area (Å²) >= 11 is 4.52. The zero-order valence-electron chi connectivity index (χ0n) is 10.7. The van der Waals surface area contributed by atoms with Crippen molar-refractivity contribution in [3.63, 3.8) is 0 Å². The second kappa shape index (κ2) is 5.90. The lowest BCUT2D eigenvalue weighted by Gasteiger charge is -2.05. The lowest BCUT2D eigenvalue weighted by atomic mass is 10.4. The van der Waals surface area contributed by atoms with Gasteiger partial charge < -0.3 is 9.52 Å². The minimum Gasteiger partial charge on any atom is -0.481 e. The summed E-state index contributed by atoms with van der Waals surface area (Å²) in [6, 6.07) is 5.52. The van der Waals surface area contributed by atoms with E-state index in [1.165, 1.54) is 0 Å². The molecule has 0 amide bonds. The first-order chi connectivity index (χ1) is 10.1. The molecule has 3 heterocycles. The fourth-order valence-electron chi connectivity index (χ4n) is 1.90. The van der Waals surface area contributed by atoms with Crippen LogP contribution in [0.2, 0.25) is 0 Å². The molecule has 0 spiro atoms. The number of hydrogen-bond acceptors (Lipinski definition) is 5. The molecule has 3 aromatic rings. The molecule has 0 radical (unpaired) electrons. The van der Waals surface area contributed by atoms with Crippen LogP contribution in [0.3, 0.4) is 0 Å². The average Bonchev–Trinajstić information content (AvgIpc) is 3.05. The van der Waals surface area contributed by atoms with E-state index in [4.69, 9.17) is 9.52 Å². The molecule has 0 saturated carbocycles. The number of aromatic nitrogens is 3. The number of hydrogen-bond donors (Lipinski definition) is 1. The van der Waals surface area contributed by atoms with Gasteiger partial charge in [0.25, 0.3) is 0 Å². The molecule has 0 aliphatic rings.